The first kappa shape index (κ1) is 10.6. The van der Waals surface area contributed by atoms with E-state index in [4.69, 9.17) is 10.4 Å². The van der Waals surface area contributed by atoms with Gasteiger partial charge in [-0.25, -0.2) is 4.79 Å². The van der Waals surface area contributed by atoms with Crippen LogP contribution in [0.4, 0.5) is 0 Å². The molecule has 1 rings (SSSR count). The molecule has 0 bridgehead atoms. The first-order valence-electron chi connectivity index (χ1n) is 2.78. The molecular formula is C5H7ClN2O4. The third-order valence-electron chi connectivity index (χ3n) is 1.22. The molecule has 0 radical (unpaired) electrons. The molecule has 0 unspecified atom stereocenters. The normalized spacial score (nSPS) is 9.08. The predicted octanol–water partition coefficient (Wildman–Crippen LogP) is -0.785. The number of hydrogen-bond acceptors (Lipinski definition) is 4. The summed E-state index contributed by atoms with van der Waals surface area (Å²) in [5, 5.41) is 17.4. The fourth-order valence-electron chi connectivity index (χ4n) is 0.645. The monoisotopic (exact) mass is 194 g/mol. The van der Waals surface area contributed by atoms with Crippen molar-refractivity contribution in [1.82, 2.24) is 9.46 Å². The molecule has 1 aromatic heterocycles. The van der Waals surface area contributed by atoms with Crippen molar-refractivity contribution in [1.29, 1.82) is 0 Å². The van der Waals surface area contributed by atoms with Crippen LogP contribution in [0.15, 0.2) is 15.8 Å². The largest absolute Gasteiger partial charge is 0.424 e. The standard InChI is InChI=1S/C5H6N2O4.ClH/c1-3-2-6(10)5(9)7(11)4(3)8;/h2,10-11H,1H3;1H. The van der Waals surface area contributed by atoms with E-state index < -0.39 is 11.2 Å². The van der Waals surface area contributed by atoms with Crippen molar-refractivity contribution >= 4 is 12.4 Å². The molecule has 0 atom stereocenters. The SMILES string of the molecule is Cc1cn(O)c(=O)n(O)c1=O.Cl. The first-order chi connectivity index (χ1) is 5.04. The molecule has 0 aliphatic carbocycles. The maximum absolute atomic E-state index is 10.7. The van der Waals surface area contributed by atoms with Gasteiger partial charge in [-0.15, -0.1) is 17.1 Å². The number of rotatable bonds is 0. The molecule has 0 saturated carbocycles. The Balaban J connectivity index is 0.00000121. The van der Waals surface area contributed by atoms with E-state index in [0.717, 1.165) is 6.20 Å². The van der Waals surface area contributed by atoms with E-state index in [0.29, 0.717) is 0 Å². The molecule has 0 aromatic carbocycles. The molecule has 0 aliphatic rings. The molecule has 6 nitrogen and oxygen atoms in total. The lowest BCUT2D eigenvalue weighted by Gasteiger charge is -1.98. The third kappa shape index (κ3) is 1.42. The summed E-state index contributed by atoms with van der Waals surface area (Å²) >= 11 is 0. The van der Waals surface area contributed by atoms with Gasteiger partial charge in [0.05, 0.1) is 6.20 Å². The van der Waals surface area contributed by atoms with E-state index >= 15 is 0 Å². The molecule has 0 amide bonds. The Kier molecular flexibility index (Phi) is 2.92. The van der Waals surface area contributed by atoms with Gasteiger partial charge in [0.2, 0.25) is 0 Å². The lowest BCUT2D eigenvalue weighted by molar-refractivity contribution is 0.101. The van der Waals surface area contributed by atoms with Crippen LogP contribution in [-0.2, 0) is 0 Å². The summed E-state index contributed by atoms with van der Waals surface area (Å²) in [7, 11) is 0. The Morgan fingerprint density at radius 2 is 1.83 bits per heavy atom. The van der Waals surface area contributed by atoms with Crippen LogP contribution in [0.5, 0.6) is 0 Å². The molecule has 0 spiro atoms. The second-order valence-electron chi connectivity index (χ2n) is 2.06. The smallest absolute Gasteiger partial charge is 0.397 e. The van der Waals surface area contributed by atoms with Crippen LogP contribution in [0.25, 0.3) is 0 Å². The fourth-order valence-corrected chi connectivity index (χ4v) is 0.645. The maximum atomic E-state index is 10.7. The van der Waals surface area contributed by atoms with Crippen molar-refractivity contribution < 1.29 is 10.4 Å². The van der Waals surface area contributed by atoms with Crippen LogP contribution in [0, 0.1) is 6.92 Å². The highest BCUT2D eigenvalue weighted by Crippen LogP contribution is 1.79. The average Bonchev–Trinajstić information content (AvgIpc) is 1.97. The summed E-state index contributed by atoms with van der Waals surface area (Å²) in [6, 6.07) is 0. The molecule has 1 heterocycles. The zero-order valence-electron chi connectivity index (χ0n) is 6.09. The quantitative estimate of drug-likeness (QED) is 0.531. The zero-order chi connectivity index (χ0) is 8.59. The second kappa shape index (κ2) is 3.31. The lowest BCUT2D eigenvalue weighted by Crippen LogP contribution is -2.38. The Morgan fingerprint density at radius 3 is 2.33 bits per heavy atom. The van der Waals surface area contributed by atoms with E-state index in [1.165, 1.54) is 6.92 Å². The summed E-state index contributed by atoms with van der Waals surface area (Å²) in [6.45, 7) is 1.36. The summed E-state index contributed by atoms with van der Waals surface area (Å²) in [4.78, 5) is 21.3. The van der Waals surface area contributed by atoms with Gasteiger partial charge in [-0.2, -0.15) is 0 Å². The number of aryl methyl sites for hydroxylation is 1. The number of hydrogen-bond donors (Lipinski definition) is 2. The van der Waals surface area contributed by atoms with Gasteiger partial charge in [0.25, 0.3) is 5.56 Å². The van der Waals surface area contributed by atoms with E-state index in [1.54, 1.807) is 0 Å². The summed E-state index contributed by atoms with van der Waals surface area (Å²) < 4.78 is -0.0218. The van der Waals surface area contributed by atoms with Crippen molar-refractivity contribution in [2.75, 3.05) is 0 Å². The van der Waals surface area contributed by atoms with Crippen LogP contribution in [-0.4, -0.2) is 19.9 Å². The average molecular weight is 195 g/mol. The molecule has 7 heteroatoms. The van der Waals surface area contributed by atoms with Crippen molar-refractivity contribution in [3.05, 3.63) is 32.6 Å². The lowest BCUT2D eigenvalue weighted by atomic mass is 10.4. The van der Waals surface area contributed by atoms with Crippen LogP contribution in [0.2, 0.25) is 0 Å². The Morgan fingerprint density at radius 1 is 1.33 bits per heavy atom. The molecule has 12 heavy (non-hydrogen) atoms. The molecule has 1 aromatic rings. The van der Waals surface area contributed by atoms with Crippen LogP contribution >= 0.6 is 12.4 Å². The molecule has 68 valence electrons. The zero-order valence-corrected chi connectivity index (χ0v) is 6.91. The van der Waals surface area contributed by atoms with Crippen LogP contribution < -0.4 is 11.2 Å². The summed E-state index contributed by atoms with van der Waals surface area (Å²) in [5.41, 5.74) is -1.93. The molecule has 2 N–H and O–H groups in total. The minimum atomic E-state index is -1.18. The van der Waals surface area contributed by atoms with Gasteiger partial charge in [-0.3, -0.25) is 4.79 Å². The van der Waals surface area contributed by atoms with Gasteiger partial charge in [0.1, 0.15) is 0 Å². The van der Waals surface area contributed by atoms with Crippen LogP contribution in [0.1, 0.15) is 5.56 Å². The third-order valence-corrected chi connectivity index (χ3v) is 1.22. The minimum Gasteiger partial charge on any atom is -0.424 e. The van der Waals surface area contributed by atoms with Gasteiger partial charge < -0.3 is 10.4 Å². The highest BCUT2D eigenvalue weighted by molar-refractivity contribution is 5.85. The highest BCUT2D eigenvalue weighted by atomic mass is 35.5. The van der Waals surface area contributed by atoms with E-state index in [9.17, 15) is 9.59 Å². The minimum absolute atomic E-state index is 0. The number of halogens is 1. The Bertz CT molecular complexity index is 359. The van der Waals surface area contributed by atoms with Gasteiger partial charge in [-0.05, 0) is 6.92 Å². The molecular weight excluding hydrogens is 188 g/mol. The van der Waals surface area contributed by atoms with Gasteiger partial charge in [0.15, 0.2) is 0 Å². The van der Waals surface area contributed by atoms with Crippen molar-refractivity contribution in [3.63, 3.8) is 0 Å². The van der Waals surface area contributed by atoms with Gasteiger partial charge in [0, 0.05) is 5.56 Å². The summed E-state index contributed by atoms with van der Waals surface area (Å²) in [6.07, 6.45) is 0.928. The summed E-state index contributed by atoms with van der Waals surface area (Å²) in [5.74, 6) is 0. The Labute approximate surface area is 72.6 Å². The second-order valence-corrected chi connectivity index (χ2v) is 2.06. The predicted molar refractivity (Wildman–Crippen MR) is 41.3 cm³/mol. The van der Waals surface area contributed by atoms with Gasteiger partial charge >= 0.3 is 5.69 Å². The highest BCUT2D eigenvalue weighted by Gasteiger charge is 2.04. The van der Waals surface area contributed by atoms with Crippen LogP contribution in [0.3, 0.4) is 0 Å². The van der Waals surface area contributed by atoms with E-state index in [-0.39, 0.29) is 27.4 Å². The molecule has 0 saturated heterocycles. The number of nitrogens with zero attached hydrogens (tertiary/aromatic N) is 2. The number of aromatic nitrogens is 2. The van der Waals surface area contributed by atoms with Gasteiger partial charge in [-0.1, -0.05) is 4.73 Å². The fraction of sp³-hybridized carbons (Fsp3) is 0.200. The van der Waals surface area contributed by atoms with E-state index in [2.05, 4.69) is 0 Å². The topological polar surface area (TPSA) is 84.5 Å². The first-order valence-corrected chi connectivity index (χ1v) is 2.78. The maximum Gasteiger partial charge on any atom is 0.397 e. The molecule has 0 aliphatic heterocycles. The Hall–Kier alpha value is -1.43. The van der Waals surface area contributed by atoms with E-state index in [1.807, 2.05) is 0 Å². The van der Waals surface area contributed by atoms with Crippen molar-refractivity contribution in [3.8, 4) is 0 Å². The van der Waals surface area contributed by atoms with Crippen molar-refractivity contribution in [2.45, 2.75) is 6.92 Å². The molecule has 0 fully saturated rings. The van der Waals surface area contributed by atoms with Crippen molar-refractivity contribution in [2.24, 2.45) is 0 Å².